The lowest BCUT2D eigenvalue weighted by atomic mass is 10.1. The summed E-state index contributed by atoms with van der Waals surface area (Å²) in [5.74, 6) is 1.61. The van der Waals surface area contributed by atoms with Gasteiger partial charge >= 0.3 is 0 Å². The zero-order chi connectivity index (χ0) is 17.4. The van der Waals surface area contributed by atoms with E-state index in [1.165, 1.54) is 5.56 Å². The van der Waals surface area contributed by atoms with Gasteiger partial charge in [0.1, 0.15) is 0 Å². The van der Waals surface area contributed by atoms with Gasteiger partial charge in [-0.3, -0.25) is 0 Å². The number of furan rings is 1. The largest absolute Gasteiger partial charge is 0.504 e. The molecule has 0 spiro atoms. The lowest BCUT2D eigenvalue weighted by Gasteiger charge is -2.07. The zero-order valence-electron chi connectivity index (χ0n) is 13.9. The summed E-state index contributed by atoms with van der Waals surface area (Å²) in [6.45, 7) is 4.08. The Morgan fingerprint density at radius 2 is 2.04 bits per heavy atom. The third-order valence-corrected chi connectivity index (χ3v) is 4.09. The maximum atomic E-state index is 10.2. The highest BCUT2D eigenvalue weighted by molar-refractivity contribution is 6.20. The molecule has 2 N–H and O–H groups in total. The van der Waals surface area contributed by atoms with Gasteiger partial charge < -0.3 is 14.8 Å². The Morgan fingerprint density at radius 3 is 2.88 bits per heavy atom. The van der Waals surface area contributed by atoms with E-state index in [1.54, 1.807) is 24.6 Å². The molecule has 3 aromatic rings. The van der Waals surface area contributed by atoms with Crippen LogP contribution in [0.3, 0.4) is 0 Å². The van der Waals surface area contributed by atoms with Crippen LogP contribution in [-0.2, 0) is 0 Å². The van der Waals surface area contributed by atoms with Crippen LogP contribution in [0.1, 0.15) is 22.5 Å². The van der Waals surface area contributed by atoms with Crippen molar-refractivity contribution in [2.24, 2.45) is 4.99 Å². The van der Waals surface area contributed by atoms with Crippen LogP contribution in [0.15, 0.2) is 52.0 Å². The number of fused-ring (bicyclic) bond motifs is 1. The summed E-state index contributed by atoms with van der Waals surface area (Å²) in [6, 6.07) is 11.5. The van der Waals surface area contributed by atoms with Crippen LogP contribution in [-0.4, -0.2) is 16.3 Å². The molecule has 0 radical (unpaired) electrons. The van der Waals surface area contributed by atoms with Crippen molar-refractivity contribution in [3.8, 4) is 5.75 Å². The third kappa shape index (κ3) is 2.92. The number of rotatable bonds is 3. The number of nitrogens with zero attached hydrogens (tertiary/aromatic N) is 2. The first-order chi connectivity index (χ1) is 12.1. The van der Waals surface area contributed by atoms with Gasteiger partial charge in [0.15, 0.2) is 17.3 Å². The smallest absolute Gasteiger partial charge is 0.201 e. The molecule has 5 heteroatoms. The number of aromatic nitrogens is 1. The van der Waals surface area contributed by atoms with Crippen LogP contribution in [0.25, 0.3) is 11.6 Å². The number of anilines is 2. The molecule has 4 rings (SSSR count). The minimum Gasteiger partial charge on any atom is -0.504 e. The van der Waals surface area contributed by atoms with Gasteiger partial charge in [0.2, 0.25) is 5.88 Å². The molecule has 25 heavy (non-hydrogen) atoms. The Bertz CT molecular complexity index is 1020. The molecule has 124 valence electrons. The van der Waals surface area contributed by atoms with Gasteiger partial charge in [0, 0.05) is 35.3 Å². The highest BCUT2D eigenvalue weighted by atomic mass is 16.4. The van der Waals surface area contributed by atoms with Crippen molar-refractivity contribution < 1.29 is 9.52 Å². The predicted molar refractivity (Wildman–Crippen MR) is 99.8 cm³/mol. The van der Waals surface area contributed by atoms with Gasteiger partial charge in [-0.2, -0.15) is 0 Å². The molecular formula is C20H17N3O2. The van der Waals surface area contributed by atoms with Crippen molar-refractivity contribution in [2.75, 3.05) is 5.32 Å². The number of allylic oxidation sites excluding steroid dienone is 1. The van der Waals surface area contributed by atoms with Gasteiger partial charge in [0.05, 0.1) is 0 Å². The standard InChI is InChI=1S/C20H17N3O2/c1-12-5-6-16(13(2)8-12)23-19-10-17(24)18(25-19)9-14-11-22-20-15(14)4-3-7-21-20/h3-11,23-24H,1-2H3. The van der Waals surface area contributed by atoms with Crippen LogP contribution in [0.2, 0.25) is 0 Å². The molecule has 0 atom stereocenters. The zero-order valence-corrected chi connectivity index (χ0v) is 13.9. The monoisotopic (exact) mass is 331 g/mol. The second-order valence-corrected chi connectivity index (χ2v) is 6.04. The topological polar surface area (TPSA) is 70.7 Å². The summed E-state index contributed by atoms with van der Waals surface area (Å²) in [4.78, 5) is 8.46. The average molecular weight is 331 g/mol. The van der Waals surface area contributed by atoms with Crippen LogP contribution < -0.4 is 5.32 Å². The fourth-order valence-corrected chi connectivity index (χ4v) is 2.83. The molecule has 0 bridgehead atoms. The Labute approximate surface area is 145 Å². The van der Waals surface area contributed by atoms with E-state index in [0.29, 0.717) is 17.5 Å². The average Bonchev–Trinajstić information content (AvgIpc) is 3.15. The molecule has 3 heterocycles. The number of aromatic hydroxyl groups is 1. The van der Waals surface area contributed by atoms with E-state index in [9.17, 15) is 5.11 Å². The summed E-state index contributed by atoms with van der Waals surface area (Å²) >= 11 is 0. The Balaban J connectivity index is 1.63. The molecule has 1 aliphatic rings. The minimum atomic E-state index is 0.0745. The molecule has 0 fully saturated rings. The number of aliphatic imine (C=N–C) groups is 1. The first-order valence-corrected chi connectivity index (χ1v) is 7.98. The summed E-state index contributed by atoms with van der Waals surface area (Å²) < 4.78 is 5.76. The molecule has 0 saturated carbocycles. The van der Waals surface area contributed by atoms with E-state index in [4.69, 9.17) is 4.42 Å². The number of pyridine rings is 1. The molecule has 0 unspecified atom stereocenters. The SMILES string of the molecule is Cc1ccc(Nc2cc(O)c(C=C3C=Nc4ncccc43)o2)c(C)c1. The second kappa shape index (κ2) is 5.94. The van der Waals surface area contributed by atoms with E-state index in [1.807, 2.05) is 31.2 Å². The number of benzene rings is 1. The highest BCUT2D eigenvalue weighted by Crippen LogP contribution is 2.35. The number of nitrogens with one attached hydrogen (secondary N) is 1. The third-order valence-electron chi connectivity index (χ3n) is 4.09. The van der Waals surface area contributed by atoms with Gasteiger partial charge in [-0.15, -0.1) is 0 Å². The summed E-state index contributed by atoms with van der Waals surface area (Å²) in [7, 11) is 0. The van der Waals surface area contributed by atoms with Crippen LogP contribution >= 0.6 is 0 Å². The fraction of sp³-hybridized carbons (Fsp3) is 0.100. The van der Waals surface area contributed by atoms with E-state index >= 15 is 0 Å². The molecule has 0 aliphatic carbocycles. The first kappa shape index (κ1) is 15.2. The van der Waals surface area contributed by atoms with Gasteiger partial charge in [-0.25, -0.2) is 9.98 Å². The summed E-state index contributed by atoms with van der Waals surface area (Å²) in [5, 5.41) is 13.4. The Morgan fingerprint density at radius 1 is 1.16 bits per heavy atom. The summed E-state index contributed by atoms with van der Waals surface area (Å²) in [5.41, 5.74) is 5.02. The molecule has 2 aromatic heterocycles. The van der Waals surface area contributed by atoms with E-state index in [-0.39, 0.29) is 5.75 Å². The van der Waals surface area contributed by atoms with Crippen LogP contribution in [0.4, 0.5) is 17.4 Å². The van der Waals surface area contributed by atoms with Crippen molar-refractivity contribution in [3.63, 3.8) is 0 Å². The summed E-state index contributed by atoms with van der Waals surface area (Å²) in [6.07, 6.45) is 5.19. The van der Waals surface area contributed by atoms with Crippen molar-refractivity contribution >= 4 is 35.3 Å². The van der Waals surface area contributed by atoms with Crippen LogP contribution in [0.5, 0.6) is 5.75 Å². The first-order valence-electron chi connectivity index (χ1n) is 7.98. The van der Waals surface area contributed by atoms with Gasteiger partial charge in [0.25, 0.3) is 0 Å². The fourth-order valence-electron chi connectivity index (χ4n) is 2.83. The van der Waals surface area contributed by atoms with Gasteiger partial charge in [-0.1, -0.05) is 17.7 Å². The van der Waals surface area contributed by atoms with E-state index in [2.05, 4.69) is 28.3 Å². The number of hydrogen-bond acceptors (Lipinski definition) is 5. The molecular weight excluding hydrogens is 314 g/mol. The van der Waals surface area contributed by atoms with Crippen molar-refractivity contribution in [2.45, 2.75) is 13.8 Å². The van der Waals surface area contributed by atoms with Crippen LogP contribution in [0, 0.1) is 13.8 Å². The molecule has 5 nitrogen and oxygen atoms in total. The lowest BCUT2D eigenvalue weighted by molar-refractivity contribution is 0.456. The number of hydrogen-bond donors (Lipinski definition) is 2. The van der Waals surface area contributed by atoms with Crippen molar-refractivity contribution in [3.05, 3.63) is 65.0 Å². The molecule has 0 saturated heterocycles. The second-order valence-electron chi connectivity index (χ2n) is 6.04. The maximum Gasteiger partial charge on any atom is 0.201 e. The Hall–Kier alpha value is -3.34. The normalized spacial score (nSPS) is 14.1. The predicted octanol–water partition coefficient (Wildman–Crippen LogP) is 5.00. The maximum absolute atomic E-state index is 10.2. The quantitative estimate of drug-likeness (QED) is 0.709. The molecule has 0 amide bonds. The molecule has 1 aromatic carbocycles. The molecule has 1 aliphatic heterocycles. The van der Waals surface area contributed by atoms with Crippen molar-refractivity contribution in [1.29, 1.82) is 0 Å². The van der Waals surface area contributed by atoms with E-state index < -0.39 is 0 Å². The lowest BCUT2D eigenvalue weighted by Crippen LogP contribution is -1.91. The highest BCUT2D eigenvalue weighted by Gasteiger charge is 2.15. The minimum absolute atomic E-state index is 0.0745. The van der Waals surface area contributed by atoms with Gasteiger partial charge in [-0.05, 0) is 43.7 Å². The number of aryl methyl sites for hydroxylation is 2. The van der Waals surface area contributed by atoms with E-state index in [0.717, 1.165) is 22.4 Å². The van der Waals surface area contributed by atoms with Crippen molar-refractivity contribution in [1.82, 2.24) is 4.98 Å². The Kier molecular flexibility index (Phi) is 3.61.